The van der Waals surface area contributed by atoms with E-state index in [1.807, 2.05) is 72.8 Å². The van der Waals surface area contributed by atoms with Crippen molar-refractivity contribution in [1.29, 1.82) is 0 Å². The molecule has 0 bridgehead atoms. The molecule has 0 aliphatic rings. The average Bonchev–Trinajstić information content (AvgIpc) is 2.64. The number of ether oxygens (including phenoxy) is 2. The van der Waals surface area contributed by atoms with Gasteiger partial charge in [-0.15, -0.1) is 0 Å². The predicted molar refractivity (Wildman–Crippen MR) is 98.6 cm³/mol. The third-order valence-electron chi connectivity index (χ3n) is 3.81. The van der Waals surface area contributed by atoms with E-state index in [9.17, 15) is 0 Å². The SMILES string of the molecule is COc1ccc(N(c2ccc(N)cc2)c2ccc(OC)cc2)cc1. The summed E-state index contributed by atoms with van der Waals surface area (Å²) in [6.45, 7) is 0. The molecule has 0 spiro atoms. The first-order valence-electron chi connectivity index (χ1n) is 7.65. The van der Waals surface area contributed by atoms with E-state index in [0.717, 1.165) is 34.2 Å². The molecule has 0 fully saturated rings. The fraction of sp³-hybridized carbons (Fsp3) is 0.100. The minimum absolute atomic E-state index is 0.739. The van der Waals surface area contributed by atoms with Crippen molar-refractivity contribution in [2.75, 3.05) is 24.9 Å². The highest BCUT2D eigenvalue weighted by Gasteiger charge is 2.12. The minimum Gasteiger partial charge on any atom is -0.497 e. The molecular weight excluding hydrogens is 300 g/mol. The van der Waals surface area contributed by atoms with Crippen LogP contribution in [0.15, 0.2) is 72.8 Å². The van der Waals surface area contributed by atoms with Gasteiger partial charge in [-0.3, -0.25) is 0 Å². The van der Waals surface area contributed by atoms with Crippen LogP contribution in [0.5, 0.6) is 11.5 Å². The monoisotopic (exact) mass is 320 g/mol. The largest absolute Gasteiger partial charge is 0.497 e. The van der Waals surface area contributed by atoms with Gasteiger partial charge in [0.2, 0.25) is 0 Å². The molecule has 0 heterocycles. The molecule has 0 aromatic heterocycles. The fourth-order valence-electron chi connectivity index (χ4n) is 2.53. The first kappa shape index (κ1) is 15.7. The summed E-state index contributed by atoms with van der Waals surface area (Å²) >= 11 is 0. The maximum Gasteiger partial charge on any atom is 0.119 e. The second-order valence-corrected chi connectivity index (χ2v) is 5.32. The highest BCUT2D eigenvalue weighted by molar-refractivity contribution is 5.77. The summed E-state index contributed by atoms with van der Waals surface area (Å²) in [7, 11) is 3.33. The van der Waals surface area contributed by atoms with Gasteiger partial charge in [0.15, 0.2) is 0 Å². The Morgan fingerprint density at radius 3 is 1.25 bits per heavy atom. The number of nitrogens with two attached hydrogens (primary N) is 1. The molecule has 4 nitrogen and oxygen atoms in total. The highest BCUT2D eigenvalue weighted by Crippen LogP contribution is 2.36. The van der Waals surface area contributed by atoms with Gasteiger partial charge in [0.1, 0.15) is 11.5 Å². The Hall–Kier alpha value is -3.14. The van der Waals surface area contributed by atoms with Crippen molar-refractivity contribution in [2.45, 2.75) is 0 Å². The molecule has 3 rings (SSSR count). The third-order valence-corrected chi connectivity index (χ3v) is 3.81. The van der Waals surface area contributed by atoms with Crippen LogP contribution in [0.2, 0.25) is 0 Å². The van der Waals surface area contributed by atoms with Gasteiger partial charge in [-0.25, -0.2) is 0 Å². The molecule has 3 aromatic rings. The number of hydrogen-bond acceptors (Lipinski definition) is 4. The Labute approximate surface area is 142 Å². The summed E-state index contributed by atoms with van der Waals surface area (Å²) in [5.74, 6) is 1.65. The second kappa shape index (κ2) is 6.96. The lowest BCUT2D eigenvalue weighted by Gasteiger charge is -2.25. The van der Waals surface area contributed by atoms with Crippen molar-refractivity contribution in [3.05, 3.63) is 72.8 Å². The lowest BCUT2D eigenvalue weighted by molar-refractivity contribution is 0.415. The van der Waals surface area contributed by atoms with E-state index in [2.05, 4.69) is 4.90 Å². The Kier molecular flexibility index (Phi) is 4.57. The summed E-state index contributed by atoms with van der Waals surface area (Å²) in [5.41, 5.74) is 9.66. The van der Waals surface area contributed by atoms with E-state index in [0.29, 0.717) is 0 Å². The molecule has 3 aromatic carbocycles. The van der Waals surface area contributed by atoms with Gasteiger partial charge in [0, 0.05) is 22.7 Å². The minimum atomic E-state index is 0.739. The quantitative estimate of drug-likeness (QED) is 0.689. The average molecular weight is 320 g/mol. The molecule has 4 heteroatoms. The predicted octanol–water partition coefficient (Wildman–Crippen LogP) is 4.76. The molecule has 24 heavy (non-hydrogen) atoms. The van der Waals surface area contributed by atoms with Gasteiger partial charge in [0.25, 0.3) is 0 Å². The van der Waals surface area contributed by atoms with Gasteiger partial charge in [-0.05, 0) is 72.8 Å². The van der Waals surface area contributed by atoms with E-state index in [-0.39, 0.29) is 0 Å². The molecule has 122 valence electrons. The van der Waals surface area contributed by atoms with Gasteiger partial charge < -0.3 is 20.1 Å². The Morgan fingerprint density at radius 2 is 0.917 bits per heavy atom. The number of nitrogen functional groups attached to an aromatic ring is 1. The molecule has 0 aliphatic heterocycles. The van der Waals surface area contributed by atoms with Crippen molar-refractivity contribution in [3.63, 3.8) is 0 Å². The smallest absolute Gasteiger partial charge is 0.119 e. The summed E-state index contributed by atoms with van der Waals surface area (Å²) in [6, 6.07) is 23.7. The first-order chi connectivity index (χ1) is 11.7. The van der Waals surface area contributed by atoms with Crippen LogP contribution in [0.1, 0.15) is 0 Å². The lowest BCUT2D eigenvalue weighted by atomic mass is 10.2. The van der Waals surface area contributed by atoms with Gasteiger partial charge in [-0.2, -0.15) is 0 Å². The van der Waals surface area contributed by atoms with E-state index >= 15 is 0 Å². The van der Waals surface area contributed by atoms with Crippen molar-refractivity contribution in [2.24, 2.45) is 0 Å². The lowest BCUT2D eigenvalue weighted by Crippen LogP contribution is -2.09. The molecular formula is C20H20N2O2. The van der Waals surface area contributed by atoms with E-state index < -0.39 is 0 Å². The number of nitrogens with zero attached hydrogens (tertiary/aromatic N) is 1. The van der Waals surface area contributed by atoms with Crippen LogP contribution in [-0.2, 0) is 0 Å². The van der Waals surface area contributed by atoms with Crippen LogP contribution in [0.3, 0.4) is 0 Å². The molecule has 0 amide bonds. The maximum absolute atomic E-state index is 5.83. The summed E-state index contributed by atoms with van der Waals surface area (Å²) < 4.78 is 10.5. The zero-order chi connectivity index (χ0) is 16.9. The standard InChI is InChI=1S/C20H20N2O2/c1-23-19-11-7-17(8-12-19)22(16-5-3-15(21)4-6-16)18-9-13-20(24-2)14-10-18/h3-14H,21H2,1-2H3. The van der Waals surface area contributed by atoms with Crippen molar-refractivity contribution in [1.82, 2.24) is 0 Å². The van der Waals surface area contributed by atoms with Crippen molar-refractivity contribution >= 4 is 22.7 Å². The number of hydrogen-bond donors (Lipinski definition) is 1. The zero-order valence-electron chi connectivity index (χ0n) is 13.8. The number of methoxy groups -OCH3 is 2. The zero-order valence-corrected chi connectivity index (χ0v) is 13.8. The van der Waals surface area contributed by atoms with Crippen molar-refractivity contribution < 1.29 is 9.47 Å². The normalized spacial score (nSPS) is 10.2. The summed E-state index contributed by atoms with van der Waals surface area (Å²) in [4.78, 5) is 2.15. The fourth-order valence-corrected chi connectivity index (χ4v) is 2.53. The molecule has 0 unspecified atom stereocenters. The Bertz CT molecular complexity index is 734. The first-order valence-corrected chi connectivity index (χ1v) is 7.65. The van der Waals surface area contributed by atoms with Crippen LogP contribution >= 0.6 is 0 Å². The van der Waals surface area contributed by atoms with Crippen LogP contribution in [-0.4, -0.2) is 14.2 Å². The molecule has 0 saturated carbocycles. The number of rotatable bonds is 5. The van der Waals surface area contributed by atoms with Crippen LogP contribution in [0.25, 0.3) is 0 Å². The van der Waals surface area contributed by atoms with Crippen LogP contribution in [0.4, 0.5) is 22.7 Å². The van der Waals surface area contributed by atoms with Gasteiger partial charge in [0.05, 0.1) is 14.2 Å². The van der Waals surface area contributed by atoms with Gasteiger partial charge >= 0.3 is 0 Å². The Balaban J connectivity index is 2.06. The molecule has 2 N–H and O–H groups in total. The van der Waals surface area contributed by atoms with E-state index in [1.54, 1.807) is 14.2 Å². The summed E-state index contributed by atoms with van der Waals surface area (Å²) in [5, 5.41) is 0. The topological polar surface area (TPSA) is 47.7 Å². The van der Waals surface area contributed by atoms with Crippen LogP contribution in [0, 0.1) is 0 Å². The molecule has 0 atom stereocenters. The van der Waals surface area contributed by atoms with Crippen molar-refractivity contribution in [3.8, 4) is 11.5 Å². The summed E-state index contributed by atoms with van der Waals surface area (Å²) in [6.07, 6.45) is 0. The maximum atomic E-state index is 5.83. The third kappa shape index (κ3) is 3.27. The van der Waals surface area contributed by atoms with Crippen LogP contribution < -0.4 is 20.1 Å². The second-order valence-electron chi connectivity index (χ2n) is 5.32. The number of anilines is 4. The molecule has 0 radical (unpaired) electrons. The van der Waals surface area contributed by atoms with E-state index in [4.69, 9.17) is 15.2 Å². The highest BCUT2D eigenvalue weighted by atomic mass is 16.5. The molecule has 0 saturated heterocycles. The van der Waals surface area contributed by atoms with Gasteiger partial charge in [-0.1, -0.05) is 0 Å². The van der Waals surface area contributed by atoms with E-state index in [1.165, 1.54) is 0 Å². The Morgan fingerprint density at radius 1 is 0.583 bits per heavy atom. The number of benzene rings is 3. The molecule has 0 aliphatic carbocycles.